The van der Waals surface area contributed by atoms with Gasteiger partial charge in [-0.3, -0.25) is 13.9 Å². The van der Waals surface area contributed by atoms with E-state index in [0.717, 1.165) is 29.3 Å². The van der Waals surface area contributed by atoms with Gasteiger partial charge in [-0.15, -0.1) is 10.2 Å². The number of fused-ring (bicyclic) bond motifs is 1. The predicted octanol–water partition coefficient (Wildman–Crippen LogP) is 3.78. The summed E-state index contributed by atoms with van der Waals surface area (Å²) in [7, 11) is 0. The van der Waals surface area contributed by atoms with Gasteiger partial charge in [-0.05, 0) is 70.2 Å². The molecule has 0 aromatic carbocycles. The third-order valence-electron chi connectivity index (χ3n) is 5.17. The average molecular weight is 413 g/mol. The minimum absolute atomic E-state index is 0.155. The van der Waals surface area contributed by atoms with Crippen molar-refractivity contribution in [1.29, 1.82) is 0 Å². The van der Waals surface area contributed by atoms with Crippen LogP contribution >= 0.6 is 11.8 Å². The molecule has 154 valence electrons. The Kier molecular flexibility index (Phi) is 5.38. The van der Waals surface area contributed by atoms with Gasteiger partial charge in [0.1, 0.15) is 5.69 Å². The monoisotopic (exact) mass is 412 g/mol. The Labute approximate surface area is 175 Å². The molecule has 3 aromatic rings. The van der Waals surface area contributed by atoms with Gasteiger partial charge in [-0.25, -0.2) is 0 Å². The zero-order chi connectivity index (χ0) is 20.6. The summed E-state index contributed by atoms with van der Waals surface area (Å²) >= 11 is 1.75. The third-order valence-corrected chi connectivity index (χ3v) is 5.81. The molecule has 3 aromatic heterocycles. The van der Waals surface area contributed by atoms with Crippen molar-refractivity contribution in [2.75, 3.05) is 12.0 Å². The second-order valence-electron chi connectivity index (χ2n) is 8.61. The van der Waals surface area contributed by atoms with Gasteiger partial charge in [-0.2, -0.15) is 16.9 Å². The van der Waals surface area contributed by atoms with Gasteiger partial charge in [0.2, 0.25) is 0 Å². The Morgan fingerprint density at radius 2 is 2.10 bits per heavy atom. The summed E-state index contributed by atoms with van der Waals surface area (Å²) in [5.41, 5.74) is 2.26. The second-order valence-corrected chi connectivity index (χ2v) is 9.59. The summed E-state index contributed by atoms with van der Waals surface area (Å²) in [6.07, 6.45) is 7.12. The number of amides is 1. The van der Waals surface area contributed by atoms with E-state index in [2.05, 4.69) is 47.6 Å². The fourth-order valence-corrected chi connectivity index (χ4v) is 4.02. The van der Waals surface area contributed by atoms with Crippen LogP contribution in [0.15, 0.2) is 30.5 Å². The largest absolute Gasteiger partial charge is 0.341 e. The molecule has 0 saturated heterocycles. The number of carbonyl (C=O) groups is 1. The molecule has 1 aliphatic carbocycles. The van der Waals surface area contributed by atoms with Crippen molar-refractivity contribution in [2.24, 2.45) is 0 Å². The topological polar surface area (TPSA) is 77.1 Å². The summed E-state index contributed by atoms with van der Waals surface area (Å²) in [6, 6.07) is 7.53. The lowest BCUT2D eigenvalue weighted by molar-refractivity contribution is 0.0927. The molecule has 29 heavy (non-hydrogen) atoms. The summed E-state index contributed by atoms with van der Waals surface area (Å²) in [6.45, 7) is 6.37. The molecule has 8 heteroatoms. The molecule has 1 atom stereocenters. The van der Waals surface area contributed by atoms with Gasteiger partial charge >= 0.3 is 0 Å². The van der Waals surface area contributed by atoms with E-state index in [1.54, 1.807) is 11.8 Å². The summed E-state index contributed by atoms with van der Waals surface area (Å²) in [4.78, 5) is 13.1. The van der Waals surface area contributed by atoms with Crippen LogP contribution in [0.1, 0.15) is 74.0 Å². The van der Waals surface area contributed by atoms with Crippen molar-refractivity contribution in [1.82, 2.24) is 29.7 Å². The highest BCUT2D eigenvalue weighted by atomic mass is 32.2. The molecule has 0 radical (unpaired) electrons. The number of nitrogens with one attached hydrogen (secondary N) is 1. The van der Waals surface area contributed by atoms with Gasteiger partial charge in [0.25, 0.3) is 5.91 Å². The highest BCUT2D eigenvalue weighted by Gasteiger charge is 2.33. The maximum Gasteiger partial charge on any atom is 0.272 e. The molecule has 0 aliphatic heterocycles. The number of hydrogen-bond acceptors (Lipinski definition) is 5. The number of hydrogen-bond donors (Lipinski definition) is 1. The van der Waals surface area contributed by atoms with E-state index in [9.17, 15) is 4.79 Å². The van der Waals surface area contributed by atoms with E-state index < -0.39 is 0 Å². The van der Waals surface area contributed by atoms with E-state index in [4.69, 9.17) is 0 Å². The molecule has 0 bridgehead atoms. The summed E-state index contributed by atoms with van der Waals surface area (Å²) in [5.74, 6) is 2.03. The molecule has 4 rings (SSSR count). The van der Waals surface area contributed by atoms with Crippen molar-refractivity contribution in [3.05, 3.63) is 47.7 Å². The van der Waals surface area contributed by atoms with Crippen LogP contribution in [-0.4, -0.2) is 42.3 Å². The SMILES string of the molecule is CSCCC(NC(=O)c1cc(C2CC2)n(C(C)(C)C)n1)c1nnc2ccccn12. The molecular weight excluding hydrogens is 384 g/mol. The zero-order valence-corrected chi connectivity index (χ0v) is 18.2. The van der Waals surface area contributed by atoms with Crippen molar-refractivity contribution in [3.8, 4) is 0 Å². The Morgan fingerprint density at radius 1 is 1.31 bits per heavy atom. The molecule has 1 N–H and O–H groups in total. The highest BCUT2D eigenvalue weighted by Crippen LogP contribution is 2.41. The molecule has 1 amide bonds. The van der Waals surface area contributed by atoms with Crippen LogP contribution in [0.4, 0.5) is 0 Å². The van der Waals surface area contributed by atoms with Crippen LogP contribution < -0.4 is 5.32 Å². The first kappa shape index (κ1) is 19.9. The first-order valence-corrected chi connectivity index (χ1v) is 11.5. The normalized spacial score (nSPS) is 15.6. The van der Waals surface area contributed by atoms with E-state index in [1.807, 2.05) is 39.5 Å². The lowest BCUT2D eigenvalue weighted by Crippen LogP contribution is -2.31. The summed E-state index contributed by atoms with van der Waals surface area (Å²) in [5, 5.41) is 16.4. The Morgan fingerprint density at radius 3 is 2.79 bits per heavy atom. The molecule has 1 fully saturated rings. The molecule has 0 spiro atoms. The predicted molar refractivity (Wildman–Crippen MR) is 115 cm³/mol. The van der Waals surface area contributed by atoms with Crippen molar-refractivity contribution >= 4 is 23.3 Å². The molecule has 1 saturated carbocycles. The fraction of sp³-hybridized carbons (Fsp3) is 0.524. The van der Waals surface area contributed by atoms with Crippen LogP contribution in [0.2, 0.25) is 0 Å². The van der Waals surface area contributed by atoms with Crippen LogP contribution in [0, 0.1) is 0 Å². The van der Waals surface area contributed by atoms with Gasteiger partial charge in [0.15, 0.2) is 11.5 Å². The Balaban J connectivity index is 1.62. The molecule has 1 unspecified atom stereocenters. The van der Waals surface area contributed by atoms with Crippen LogP contribution in [0.5, 0.6) is 0 Å². The Bertz CT molecular complexity index is 1010. The summed E-state index contributed by atoms with van der Waals surface area (Å²) < 4.78 is 3.96. The molecule has 3 heterocycles. The van der Waals surface area contributed by atoms with E-state index in [-0.39, 0.29) is 17.5 Å². The van der Waals surface area contributed by atoms with Crippen LogP contribution in [-0.2, 0) is 5.54 Å². The standard InChI is InChI=1S/C21H28N6OS/c1-21(2,3)27-17(14-8-9-14)13-16(25-27)20(28)22-15(10-12-29-4)19-24-23-18-7-5-6-11-26(18)19/h5-7,11,13-15H,8-10,12H2,1-4H3,(H,22,28). The molecule has 1 aliphatic rings. The number of nitrogens with zero attached hydrogens (tertiary/aromatic N) is 5. The minimum atomic E-state index is -0.225. The third kappa shape index (κ3) is 4.17. The number of carbonyl (C=O) groups excluding carboxylic acids is 1. The number of rotatable bonds is 7. The molecular formula is C21H28N6OS. The van der Waals surface area contributed by atoms with Crippen molar-refractivity contribution < 1.29 is 4.79 Å². The highest BCUT2D eigenvalue weighted by molar-refractivity contribution is 7.98. The van der Waals surface area contributed by atoms with Gasteiger partial charge in [0, 0.05) is 17.8 Å². The second kappa shape index (κ2) is 7.82. The van der Waals surface area contributed by atoms with E-state index in [1.165, 1.54) is 12.8 Å². The van der Waals surface area contributed by atoms with Gasteiger partial charge in [-0.1, -0.05) is 6.07 Å². The number of thioether (sulfide) groups is 1. The van der Waals surface area contributed by atoms with Gasteiger partial charge in [0.05, 0.1) is 11.6 Å². The van der Waals surface area contributed by atoms with E-state index in [0.29, 0.717) is 11.6 Å². The van der Waals surface area contributed by atoms with Crippen molar-refractivity contribution in [2.45, 2.75) is 57.5 Å². The zero-order valence-electron chi connectivity index (χ0n) is 17.4. The average Bonchev–Trinajstić information content (AvgIpc) is 3.27. The maximum atomic E-state index is 13.1. The van der Waals surface area contributed by atoms with E-state index >= 15 is 0 Å². The minimum Gasteiger partial charge on any atom is -0.341 e. The first-order valence-electron chi connectivity index (χ1n) is 10.1. The fourth-order valence-electron chi connectivity index (χ4n) is 3.54. The lowest BCUT2D eigenvalue weighted by Gasteiger charge is -2.22. The lowest BCUT2D eigenvalue weighted by atomic mass is 10.1. The van der Waals surface area contributed by atoms with Gasteiger partial charge < -0.3 is 5.32 Å². The smallest absolute Gasteiger partial charge is 0.272 e. The number of aromatic nitrogens is 5. The first-order chi connectivity index (χ1) is 13.9. The van der Waals surface area contributed by atoms with Crippen molar-refractivity contribution in [3.63, 3.8) is 0 Å². The number of pyridine rings is 1. The molecule has 7 nitrogen and oxygen atoms in total. The Hall–Kier alpha value is -2.35. The maximum absolute atomic E-state index is 13.1. The van der Waals surface area contributed by atoms with Crippen LogP contribution in [0.25, 0.3) is 5.65 Å². The van der Waals surface area contributed by atoms with Crippen LogP contribution in [0.3, 0.4) is 0 Å². The quantitative estimate of drug-likeness (QED) is 0.639.